The van der Waals surface area contributed by atoms with Gasteiger partial charge < -0.3 is 10.6 Å². The van der Waals surface area contributed by atoms with Crippen LogP contribution in [0.1, 0.15) is 81.6 Å². The maximum atomic E-state index is 13.9. The number of halogens is 8. The predicted molar refractivity (Wildman–Crippen MR) is 132 cm³/mol. The second-order valence-corrected chi connectivity index (χ2v) is 12.0. The highest BCUT2D eigenvalue weighted by molar-refractivity contribution is 5.82. The lowest BCUT2D eigenvalue weighted by Gasteiger charge is -2.33. The number of amides is 2. The average molecular weight is 610 g/mol. The molecule has 3 aliphatic rings. The van der Waals surface area contributed by atoms with Crippen LogP contribution in [0.2, 0.25) is 0 Å². The predicted octanol–water partition coefficient (Wildman–Crippen LogP) is 6.07. The minimum absolute atomic E-state index is 0.00453. The van der Waals surface area contributed by atoms with Crippen molar-refractivity contribution in [2.24, 2.45) is 29.6 Å². The van der Waals surface area contributed by atoms with E-state index < -0.39 is 85.1 Å². The fraction of sp³-hybridized carbons (Fsp3) is 0.704. The molecular weight excluding hydrogens is 578 g/mol. The van der Waals surface area contributed by atoms with Gasteiger partial charge in [-0.2, -0.15) is 31.4 Å². The third kappa shape index (κ3) is 6.96. The standard InChI is InChI=1S/C27H31F8N5O2/c1-13(26(30,31)32)8-21(41)38-22(14-2-3-14)16-9-20-37-19(12-40(20)36-11-16)23(15-4-6-25(28,29)7-5-15)39-24(42)17-10-18(17)27(33,34)35/h9,11-15,17-18,22-23H,2-8,10H2,1H3,(H,38,41)(H,39,42)/t13-,17?,18?,22-,23+/m1/s1. The summed E-state index contributed by atoms with van der Waals surface area (Å²) in [6.45, 7) is 0.931. The fourth-order valence-electron chi connectivity index (χ4n) is 5.69. The zero-order valence-corrected chi connectivity index (χ0v) is 22.6. The Morgan fingerprint density at radius 2 is 1.67 bits per heavy atom. The van der Waals surface area contributed by atoms with E-state index in [9.17, 15) is 44.7 Å². The number of nitrogens with one attached hydrogen (secondary N) is 2. The number of rotatable bonds is 9. The lowest BCUT2D eigenvalue weighted by atomic mass is 9.81. The number of hydrogen-bond donors (Lipinski definition) is 2. The van der Waals surface area contributed by atoms with Crippen molar-refractivity contribution in [1.82, 2.24) is 25.2 Å². The number of carbonyl (C=O) groups is 2. The van der Waals surface area contributed by atoms with E-state index in [2.05, 4.69) is 20.7 Å². The van der Waals surface area contributed by atoms with Crippen molar-refractivity contribution in [2.45, 2.75) is 88.6 Å². The highest BCUT2D eigenvalue weighted by atomic mass is 19.4. The average Bonchev–Trinajstić information content (AvgIpc) is 3.80. The van der Waals surface area contributed by atoms with E-state index in [0.29, 0.717) is 5.56 Å². The van der Waals surface area contributed by atoms with Crippen molar-refractivity contribution >= 4 is 17.5 Å². The topological polar surface area (TPSA) is 88.4 Å². The molecule has 3 aliphatic carbocycles. The Kier molecular flexibility index (Phi) is 7.92. The van der Waals surface area contributed by atoms with Crippen molar-refractivity contribution in [3.05, 3.63) is 29.7 Å². The molecule has 2 aromatic rings. The number of fused-ring (bicyclic) bond motifs is 1. The maximum Gasteiger partial charge on any atom is 0.392 e. The summed E-state index contributed by atoms with van der Waals surface area (Å²) >= 11 is 0. The van der Waals surface area contributed by atoms with E-state index in [0.717, 1.165) is 19.8 Å². The Balaban J connectivity index is 1.36. The van der Waals surface area contributed by atoms with Crippen molar-refractivity contribution in [2.75, 3.05) is 0 Å². The molecule has 7 nitrogen and oxygen atoms in total. The molecule has 2 N–H and O–H groups in total. The molecule has 2 heterocycles. The van der Waals surface area contributed by atoms with E-state index in [1.54, 1.807) is 6.07 Å². The molecule has 15 heteroatoms. The van der Waals surface area contributed by atoms with Gasteiger partial charge in [0.05, 0.1) is 47.9 Å². The van der Waals surface area contributed by atoms with E-state index in [-0.39, 0.29) is 36.5 Å². The van der Waals surface area contributed by atoms with Gasteiger partial charge in [-0.3, -0.25) is 9.59 Å². The van der Waals surface area contributed by atoms with Gasteiger partial charge in [0.25, 0.3) is 0 Å². The zero-order chi connectivity index (χ0) is 30.6. The molecule has 0 aliphatic heterocycles. The monoisotopic (exact) mass is 609 g/mol. The summed E-state index contributed by atoms with van der Waals surface area (Å²) in [6.07, 6.45) is -6.44. The molecule has 0 spiro atoms. The van der Waals surface area contributed by atoms with Crippen molar-refractivity contribution in [3.63, 3.8) is 0 Å². The van der Waals surface area contributed by atoms with Gasteiger partial charge >= 0.3 is 12.4 Å². The van der Waals surface area contributed by atoms with Crippen LogP contribution in [0.15, 0.2) is 18.5 Å². The van der Waals surface area contributed by atoms with Gasteiger partial charge in [0.1, 0.15) is 0 Å². The molecule has 0 radical (unpaired) electrons. The van der Waals surface area contributed by atoms with Crippen LogP contribution in [0.25, 0.3) is 5.65 Å². The first-order chi connectivity index (χ1) is 19.5. The molecular formula is C27H31F8N5O2. The van der Waals surface area contributed by atoms with E-state index in [1.165, 1.54) is 16.9 Å². The number of imidazole rings is 1. The van der Waals surface area contributed by atoms with Crippen LogP contribution in [0, 0.1) is 29.6 Å². The first kappa shape index (κ1) is 30.5. The Morgan fingerprint density at radius 3 is 2.24 bits per heavy atom. The smallest absolute Gasteiger partial charge is 0.349 e. The van der Waals surface area contributed by atoms with E-state index in [1.807, 2.05) is 0 Å². The number of alkyl halides is 8. The molecule has 2 amide bonds. The van der Waals surface area contributed by atoms with Gasteiger partial charge in [-0.05, 0) is 55.6 Å². The summed E-state index contributed by atoms with van der Waals surface area (Å²) in [5.74, 6) is -9.72. The third-order valence-corrected chi connectivity index (χ3v) is 8.58. The van der Waals surface area contributed by atoms with Gasteiger partial charge in [0, 0.05) is 19.3 Å². The van der Waals surface area contributed by atoms with E-state index in [4.69, 9.17) is 0 Å². The zero-order valence-electron chi connectivity index (χ0n) is 22.6. The molecule has 232 valence electrons. The molecule has 0 aromatic carbocycles. The second-order valence-electron chi connectivity index (χ2n) is 12.0. The van der Waals surface area contributed by atoms with Gasteiger partial charge in [0.15, 0.2) is 5.65 Å². The van der Waals surface area contributed by atoms with Crippen molar-refractivity contribution < 1.29 is 44.7 Å². The normalized spacial score (nSPS) is 25.1. The maximum absolute atomic E-state index is 13.9. The van der Waals surface area contributed by atoms with Crippen molar-refractivity contribution in [1.29, 1.82) is 0 Å². The van der Waals surface area contributed by atoms with Crippen LogP contribution >= 0.6 is 0 Å². The van der Waals surface area contributed by atoms with Crippen LogP contribution in [0.5, 0.6) is 0 Å². The number of carbonyl (C=O) groups excluding carboxylic acids is 2. The minimum atomic E-state index is -4.51. The Bertz CT molecular complexity index is 1310. The lowest BCUT2D eigenvalue weighted by molar-refractivity contribution is -0.174. The Labute approximate surface area is 235 Å². The third-order valence-electron chi connectivity index (χ3n) is 8.58. The second kappa shape index (κ2) is 10.9. The quantitative estimate of drug-likeness (QED) is 0.338. The number of nitrogens with zero attached hydrogens (tertiary/aromatic N) is 3. The van der Waals surface area contributed by atoms with Crippen LogP contribution < -0.4 is 10.6 Å². The van der Waals surface area contributed by atoms with Gasteiger partial charge in [0.2, 0.25) is 17.7 Å². The summed E-state index contributed by atoms with van der Waals surface area (Å²) in [5, 5.41) is 9.62. The van der Waals surface area contributed by atoms with Crippen LogP contribution in [-0.4, -0.2) is 44.7 Å². The highest BCUT2D eigenvalue weighted by Crippen LogP contribution is 2.51. The SMILES string of the molecule is C[C@H](CC(=O)N[C@@H](c1cnn2cc([C@@H](NC(=O)C3CC3C(F)(F)F)C3CCC(F)(F)CC3)nc2c1)C1CC1)C(F)(F)F. The Hall–Kier alpha value is -3.00. The van der Waals surface area contributed by atoms with Gasteiger partial charge in [-0.15, -0.1) is 0 Å². The first-order valence-electron chi connectivity index (χ1n) is 14.0. The molecule has 2 aromatic heterocycles. The molecule has 5 atom stereocenters. The Morgan fingerprint density at radius 1 is 1.02 bits per heavy atom. The first-order valence-corrected chi connectivity index (χ1v) is 14.0. The van der Waals surface area contributed by atoms with Crippen LogP contribution in [0.4, 0.5) is 35.1 Å². The number of aromatic nitrogens is 3. The van der Waals surface area contributed by atoms with Crippen LogP contribution in [0.3, 0.4) is 0 Å². The van der Waals surface area contributed by atoms with Gasteiger partial charge in [-0.25, -0.2) is 18.3 Å². The lowest BCUT2D eigenvalue weighted by Crippen LogP contribution is -2.38. The largest absolute Gasteiger partial charge is 0.392 e. The van der Waals surface area contributed by atoms with Crippen LogP contribution in [-0.2, 0) is 9.59 Å². The van der Waals surface area contributed by atoms with Crippen molar-refractivity contribution in [3.8, 4) is 0 Å². The molecule has 2 unspecified atom stereocenters. The summed E-state index contributed by atoms with van der Waals surface area (Å²) in [6, 6.07) is 0.0818. The fourth-order valence-corrected chi connectivity index (χ4v) is 5.69. The summed E-state index contributed by atoms with van der Waals surface area (Å²) in [7, 11) is 0. The minimum Gasteiger partial charge on any atom is -0.349 e. The van der Waals surface area contributed by atoms with E-state index >= 15 is 0 Å². The molecule has 0 saturated heterocycles. The summed E-state index contributed by atoms with van der Waals surface area (Å²) in [4.78, 5) is 29.7. The number of hydrogen-bond acceptors (Lipinski definition) is 4. The molecule has 5 rings (SSSR count). The highest BCUT2D eigenvalue weighted by Gasteiger charge is 2.59. The summed E-state index contributed by atoms with van der Waals surface area (Å²) in [5.41, 5.74) is 1.03. The summed E-state index contributed by atoms with van der Waals surface area (Å²) < 4.78 is 107. The van der Waals surface area contributed by atoms with Gasteiger partial charge in [-0.1, -0.05) is 6.92 Å². The molecule has 0 bridgehead atoms. The molecule has 3 saturated carbocycles. The molecule has 3 fully saturated rings. The molecule has 42 heavy (non-hydrogen) atoms.